The van der Waals surface area contributed by atoms with Gasteiger partial charge in [-0.2, -0.15) is 10.2 Å². The maximum atomic E-state index is 12.2. The van der Waals surface area contributed by atoms with Crippen LogP contribution in [0.5, 0.6) is 0 Å². The minimum atomic E-state index is -0.493. The standard InChI is InChI=1S/C20H29N5O3S/c1-12(7-20-8-13-4-14(9-20)6-15(5-13)10-20)21-22-16(26)11-29-17-18(27)24(2)19(28)25(3)23-17/h13-15H,4-11H2,1-3H3,(H,22,26)/b21-12-. The lowest BCUT2D eigenvalue weighted by Crippen LogP contribution is -2.46. The van der Waals surface area contributed by atoms with Crippen LogP contribution in [0.2, 0.25) is 0 Å². The van der Waals surface area contributed by atoms with Gasteiger partial charge in [0.2, 0.25) is 5.91 Å². The van der Waals surface area contributed by atoms with Crippen molar-refractivity contribution in [3.05, 3.63) is 20.8 Å². The van der Waals surface area contributed by atoms with Gasteiger partial charge in [-0.25, -0.2) is 14.9 Å². The van der Waals surface area contributed by atoms with E-state index in [9.17, 15) is 14.4 Å². The molecule has 158 valence electrons. The Labute approximate surface area is 174 Å². The Bertz CT molecular complexity index is 929. The van der Waals surface area contributed by atoms with E-state index in [1.807, 2.05) is 6.92 Å². The molecule has 0 atom stereocenters. The number of aryl methyl sites for hydroxylation is 1. The minimum Gasteiger partial charge on any atom is -0.272 e. The number of nitrogens with one attached hydrogen (secondary N) is 1. The number of hydrazone groups is 1. The van der Waals surface area contributed by atoms with Crippen molar-refractivity contribution < 1.29 is 4.79 Å². The van der Waals surface area contributed by atoms with Crippen molar-refractivity contribution in [3.63, 3.8) is 0 Å². The van der Waals surface area contributed by atoms with Crippen LogP contribution in [0.3, 0.4) is 0 Å². The zero-order chi connectivity index (χ0) is 20.8. The van der Waals surface area contributed by atoms with E-state index in [4.69, 9.17) is 0 Å². The van der Waals surface area contributed by atoms with Crippen molar-refractivity contribution >= 4 is 23.4 Å². The third kappa shape index (κ3) is 4.20. The van der Waals surface area contributed by atoms with Gasteiger partial charge in [-0.05, 0) is 75.0 Å². The summed E-state index contributed by atoms with van der Waals surface area (Å²) in [5.41, 5.74) is 3.00. The molecule has 0 spiro atoms. The highest BCUT2D eigenvalue weighted by Crippen LogP contribution is 2.61. The minimum absolute atomic E-state index is 0.0224. The van der Waals surface area contributed by atoms with E-state index in [1.165, 1.54) is 52.6 Å². The summed E-state index contributed by atoms with van der Waals surface area (Å²) in [5.74, 6) is 2.44. The molecule has 1 heterocycles. The van der Waals surface area contributed by atoms with Crippen molar-refractivity contribution in [2.75, 3.05) is 5.75 Å². The lowest BCUT2D eigenvalue weighted by atomic mass is 9.48. The van der Waals surface area contributed by atoms with Crippen LogP contribution < -0.4 is 16.7 Å². The smallest absolute Gasteiger partial charge is 0.272 e. The van der Waals surface area contributed by atoms with Crippen molar-refractivity contribution in [2.24, 2.45) is 42.4 Å². The van der Waals surface area contributed by atoms with Gasteiger partial charge in [0.15, 0.2) is 5.03 Å². The maximum absolute atomic E-state index is 12.2. The normalized spacial score (nSPS) is 30.6. The Morgan fingerprint density at radius 2 is 1.76 bits per heavy atom. The van der Waals surface area contributed by atoms with E-state index >= 15 is 0 Å². The molecule has 1 aromatic heterocycles. The molecule has 5 rings (SSSR count). The Morgan fingerprint density at radius 3 is 2.34 bits per heavy atom. The zero-order valence-electron chi connectivity index (χ0n) is 17.3. The molecule has 0 aliphatic heterocycles. The second-order valence-corrected chi connectivity index (χ2v) is 10.3. The highest BCUT2D eigenvalue weighted by Gasteiger charge is 2.50. The van der Waals surface area contributed by atoms with E-state index < -0.39 is 11.2 Å². The molecule has 4 bridgehead atoms. The van der Waals surface area contributed by atoms with Crippen molar-refractivity contribution in [3.8, 4) is 0 Å². The highest BCUT2D eigenvalue weighted by atomic mass is 32.2. The summed E-state index contributed by atoms with van der Waals surface area (Å²) in [6.07, 6.45) is 9.17. The lowest BCUT2D eigenvalue weighted by molar-refractivity contribution is -0.118. The van der Waals surface area contributed by atoms with Crippen LogP contribution in [0, 0.1) is 23.2 Å². The molecule has 29 heavy (non-hydrogen) atoms. The highest BCUT2D eigenvalue weighted by molar-refractivity contribution is 7.99. The molecule has 0 unspecified atom stereocenters. The predicted octanol–water partition coefficient (Wildman–Crippen LogP) is 1.67. The Balaban J connectivity index is 1.32. The molecule has 8 nitrogen and oxygen atoms in total. The summed E-state index contributed by atoms with van der Waals surface area (Å²) < 4.78 is 2.08. The number of carbonyl (C=O) groups is 1. The van der Waals surface area contributed by atoms with Crippen LogP contribution >= 0.6 is 11.8 Å². The van der Waals surface area contributed by atoms with Gasteiger partial charge in [-0.3, -0.25) is 14.2 Å². The first-order valence-electron chi connectivity index (χ1n) is 10.3. The molecule has 4 fully saturated rings. The van der Waals surface area contributed by atoms with Gasteiger partial charge in [0.05, 0.1) is 5.75 Å². The molecular weight excluding hydrogens is 390 g/mol. The molecule has 1 N–H and O–H groups in total. The summed E-state index contributed by atoms with van der Waals surface area (Å²) >= 11 is 1.01. The van der Waals surface area contributed by atoms with Crippen molar-refractivity contribution in [1.29, 1.82) is 0 Å². The monoisotopic (exact) mass is 419 g/mol. The van der Waals surface area contributed by atoms with E-state index in [0.29, 0.717) is 5.41 Å². The SMILES string of the molecule is C/C(CC12CC3CC(CC(C3)C1)C2)=N/NC(=O)CSc1nn(C)c(=O)n(C)c1=O. The van der Waals surface area contributed by atoms with Gasteiger partial charge >= 0.3 is 5.69 Å². The second kappa shape index (κ2) is 7.74. The number of hydrogen-bond acceptors (Lipinski definition) is 6. The summed E-state index contributed by atoms with van der Waals surface area (Å²) in [4.78, 5) is 35.9. The fourth-order valence-electron chi connectivity index (χ4n) is 6.17. The van der Waals surface area contributed by atoms with Crippen LogP contribution in [-0.2, 0) is 18.9 Å². The molecular formula is C20H29N5O3S. The van der Waals surface area contributed by atoms with Gasteiger partial charge in [-0.1, -0.05) is 11.8 Å². The van der Waals surface area contributed by atoms with Crippen LogP contribution in [0.4, 0.5) is 0 Å². The molecule has 9 heteroatoms. The van der Waals surface area contributed by atoms with Crippen molar-refractivity contribution in [1.82, 2.24) is 19.8 Å². The summed E-state index contributed by atoms with van der Waals surface area (Å²) in [6.45, 7) is 2.00. The number of thioether (sulfide) groups is 1. The van der Waals surface area contributed by atoms with Crippen LogP contribution in [0.25, 0.3) is 0 Å². The molecule has 4 aliphatic carbocycles. The van der Waals surface area contributed by atoms with Gasteiger partial charge in [0.25, 0.3) is 5.56 Å². The summed E-state index contributed by atoms with van der Waals surface area (Å²) in [5, 5.41) is 8.39. The number of aromatic nitrogens is 3. The Hall–Kier alpha value is -1.90. The second-order valence-electron chi connectivity index (χ2n) is 9.34. The predicted molar refractivity (Wildman–Crippen MR) is 112 cm³/mol. The number of amides is 1. The molecule has 0 saturated heterocycles. The molecule has 0 radical (unpaired) electrons. The average molecular weight is 420 g/mol. The van der Waals surface area contributed by atoms with Crippen LogP contribution in [0.1, 0.15) is 51.9 Å². The van der Waals surface area contributed by atoms with E-state index in [2.05, 4.69) is 15.6 Å². The van der Waals surface area contributed by atoms with E-state index in [1.54, 1.807) is 0 Å². The van der Waals surface area contributed by atoms with Gasteiger partial charge in [-0.15, -0.1) is 0 Å². The third-order valence-corrected chi connectivity index (χ3v) is 7.74. The van der Waals surface area contributed by atoms with Crippen LogP contribution in [-0.4, -0.2) is 31.7 Å². The van der Waals surface area contributed by atoms with Crippen LogP contribution in [0.15, 0.2) is 19.7 Å². The number of nitrogens with zero attached hydrogens (tertiary/aromatic N) is 4. The molecule has 0 aromatic carbocycles. The number of carbonyl (C=O) groups excluding carboxylic acids is 1. The number of hydrogen-bond donors (Lipinski definition) is 1. The topological polar surface area (TPSA) is 98.3 Å². The molecule has 1 amide bonds. The largest absolute Gasteiger partial charge is 0.346 e. The van der Waals surface area contributed by atoms with E-state index in [-0.39, 0.29) is 16.7 Å². The first-order valence-corrected chi connectivity index (χ1v) is 11.3. The van der Waals surface area contributed by atoms with Crippen molar-refractivity contribution in [2.45, 2.75) is 56.9 Å². The fourth-order valence-corrected chi connectivity index (χ4v) is 6.95. The fraction of sp³-hybridized carbons (Fsp3) is 0.750. The van der Waals surface area contributed by atoms with Gasteiger partial charge < -0.3 is 0 Å². The average Bonchev–Trinajstić information content (AvgIpc) is 2.65. The molecule has 4 saturated carbocycles. The summed E-state index contributed by atoms with van der Waals surface area (Å²) in [6, 6.07) is 0. The molecule has 4 aliphatic rings. The third-order valence-electron chi connectivity index (χ3n) is 6.80. The van der Waals surface area contributed by atoms with Gasteiger partial charge in [0.1, 0.15) is 0 Å². The Morgan fingerprint density at radius 1 is 1.17 bits per heavy atom. The quantitative estimate of drug-likeness (QED) is 0.430. The van der Waals surface area contributed by atoms with E-state index in [0.717, 1.165) is 50.9 Å². The first kappa shape index (κ1) is 20.4. The first-order chi connectivity index (χ1) is 13.7. The maximum Gasteiger partial charge on any atom is 0.346 e. The zero-order valence-corrected chi connectivity index (χ0v) is 18.1. The van der Waals surface area contributed by atoms with Gasteiger partial charge in [0, 0.05) is 19.8 Å². The number of rotatable bonds is 6. The lowest BCUT2D eigenvalue weighted by Gasteiger charge is -2.57. The molecule has 1 aromatic rings. The summed E-state index contributed by atoms with van der Waals surface area (Å²) in [7, 11) is 2.87. The Kier molecular flexibility index (Phi) is 5.44.